The normalized spacial score (nSPS) is 12.0. The third kappa shape index (κ3) is 1.65. The van der Waals surface area contributed by atoms with E-state index in [4.69, 9.17) is 10.8 Å². The lowest BCUT2D eigenvalue weighted by Crippen LogP contribution is -1.96. The molecule has 1 aromatic heterocycles. The fourth-order valence-electron chi connectivity index (χ4n) is 0.777. The number of aliphatic hydroxyl groups excluding tert-OH is 1. The van der Waals surface area contributed by atoms with E-state index in [9.17, 15) is 0 Å². The molecule has 4 N–H and O–H groups in total. The summed E-state index contributed by atoms with van der Waals surface area (Å²) in [5.41, 5.74) is 5.51. The third-order valence-corrected chi connectivity index (χ3v) is 2.90. The molecule has 0 fully saturated rings. The highest BCUT2D eigenvalue weighted by Crippen LogP contribution is 2.24. The molecule has 0 saturated heterocycles. The van der Waals surface area contributed by atoms with Gasteiger partial charge in [-0.15, -0.1) is 4.72 Å². The molecule has 1 aromatic rings. The van der Waals surface area contributed by atoms with E-state index in [0.29, 0.717) is 11.6 Å². The zero-order chi connectivity index (χ0) is 8.27. The Hall–Kier alpha value is -0.720. The van der Waals surface area contributed by atoms with Crippen molar-refractivity contribution in [3.8, 4) is 0 Å². The summed E-state index contributed by atoms with van der Waals surface area (Å²) in [6.45, 7) is 0.0901. The number of nitrogens with two attached hydrogens (primary N) is 1. The standard InChI is InChI=1S/C5H11N4OS/c1-7-11-4(2-3-10)8-9-5(11)6/h7,10H,2-3H2,1H3,(H2,6,9)/q+1. The van der Waals surface area contributed by atoms with Crippen LogP contribution < -0.4 is 10.5 Å². The molecular weight excluding hydrogens is 164 g/mol. The van der Waals surface area contributed by atoms with Gasteiger partial charge in [-0.25, -0.2) is 0 Å². The van der Waals surface area contributed by atoms with Gasteiger partial charge in [-0.05, 0) is 0 Å². The highest BCUT2D eigenvalue weighted by molar-refractivity contribution is 7.35. The van der Waals surface area contributed by atoms with Gasteiger partial charge in [0, 0.05) is 7.05 Å². The summed E-state index contributed by atoms with van der Waals surface area (Å²) >= 11 is 0. The summed E-state index contributed by atoms with van der Waals surface area (Å²) in [6, 6.07) is 0. The maximum Gasteiger partial charge on any atom is 0.379 e. The molecule has 0 aliphatic carbocycles. The second kappa shape index (κ2) is 3.61. The van der Waals surface area contributed by atoms with Crippen molar-refractivity contribution in [3.05, 3.63) is 5.01 Å². The van der Waals surface area contributed by atoms with E-state index in [1.54, 1.807) is 7.05 Å². The zero-order valence-electron chi connectivity index (χ0n) is 6.24. The van der Waals surface area contributed by atoms with Gasteiger partial charge in [-0.1, -0.05) is 10.2 Å². The first kappa shape index (κ1) is 8.38. The number of nitrogen functional groups attached to an aromatic ring is 1. The van der Waals surface area contributed by atoms with Crippen LogP contribution in [0, 0.1) is 0 Å². The summed E-state index contributed by atoms with van der Waals surface area (Å²) in [5, 5.41) is 17.5. The molecule has 1 atom stereocenters. The average molecular weight is 175 g/mol. The van der Waals surface area contributed by atoms with E-state index in [2.05, 4.69) is 14.9 Å². The number of nitrogens with one attached hydrogen (secondary N) is 1. The Morgan fingerprint density at radius 2 is 2.36 bits per heavy atom. The number of aromatic nitrogens is 2. The van der Waals surface area contributed by atoms with Gasteiger partial charge in [-0.2, -0.15) is 0 Å². The van der Waals surface area contributed by atoms with Gasteiger partial charge < -0.3 is 10.8 Å². The Balaban J connectivity index is 2.86. The quantitative estimate of drug-likeness (QED) is 0.540. The van der Waals surface area contributed by atoms with E-state index in [-0.39, 0.29) is 17.3 Å². The van der Waals surface area contributed by atoms with Crippen LogP contribution in [0.2, 0.25) is 0 Å². The second-order valence-electron chi connectivity index (χ2n) is 1.92. The summed E-state index contributed by atoms with van der Waals surface area (Å²) < 4.78 is 2.98. The predicted octanol–water partition coefficient (Wildman–Crippen LogP) is -0.484. The van der Waals surface area contributed by atoms with Gasteiger partial charge in [0.1, 0.15) is 10.7 Å². The van der Waals surface area contributed by atoms with Crippen molar-refractivity contribution in [2.24, 2.45) is 0 Å². The van der Waals surface area contributed by atoms with Crippen LogP contribution in [0.3, 0.4) is 0 Å². The van der Waals surface area contributed by atoms with E-state index < -0.39 is 0 Å². The highest BCUT2D eigenvalue weighted by Gasteiger charge is 2.20. The van der Waals surface area contributed by atoms with E-state index in [0.717, 1.165) is 5.01 Å². The summed E-state index contributed by atoms with van der Waals surface area (Å²) in [4.78, 5) is 0. The molecular formula is C5H11N4OS+. The largest absolute Gasteiger partial charge is 0.396 e. The predicted molar refractivity (Wildman–Crippen MR) is 45.0 cm³/mol. The third-order valence-electron chi connectivity index (χ3n) is 1.23. The van der Waals surface area contributed by atoms with Crippen molar-refractivity contribution < 1.29 is 5.11 Å². The van der Waals surface area contributed by atoms with E-state index in [1.807, 2.05) is 0 Å². The van der Waals surface area contributed by atoms with Crippen molar-refractivity contribution in [1.29, 1.82) is 0 Å². The lowest BCUT2D eigenvalue weighted by molar-refractivity contribution is 0.299. The van der Waals surface area contributed by atoms with Gasteiger partial charge in [0.05, 0.1) is 13.0 Å². The SMILES string of the molecule is CN[s+]1c(N)nnc1CCO. The van der Waals surface area contributed by atoms with Crippen LogP contribution >= 0.6 is 10.7 Å². The van der Waals surface area contributed by atoms with Crippen LogP contribution in [0.1, 0.15) is 5.01 Å². The molecule has 5 nitrogen and oxygen atoms in total. The minimum atomic E-state index is -0.349. The Kier molecular flexibility index (Phi) is 2.75. The molecule has 1 heterocycles. The fourth-order valence-corrected chi connectivity index (χ4v) is 2.00. The molecule has 0 saturated carbocycles. The van der Waals surface area contributed by atoms with Gasteiger partial charge in [0.25, 0.3) is 5.01 Å². The first-order chi connectivity index (χ1) is 5.29. The van der Waals surface area contributed by atoms with Gasteiger partial charge in [0.2, 0.25) is 0 Å². The molecule has 0 aliphatic rings. The summed E-state index contributed by atoms with van der Waals surface area (Å²) in [5.74, 6) is 0. The molecule has 0 aromatic carbocycles. The molecule has 0 aliphatic heterocycles. The molecule has 0 spiro atoms. The van der Waals surface area contributed by atoms with Crippen LogP contribution in [-0.4, -0.2) is 29.0 Å². The molecule has 0 bridgehead atoms. The summed E-state index contributed by atoms with van der Waals surface area (Å²) in [7, 11) is 1.45. The number of nitrogens with zero attached hydrogens (tertiary/aromatic N) is 2. The number of hydrogen-bond acceptors (Lipinski definition) is 5. The maximum atomic E-state index is 8.63. The smallest absolute Gasteiger partial charge is 0.379 e. The van der Waals surface area contributed by atoms with E-state index in [1.165, 1.54) is 0 Å². The number of aliphatic hydroxyl groups is 1. The molecule has 62 valence electrons. The van der Waals surface area contributed by atoms with Crippen molar-refractivity contribution in [2.45, 2.75) is 6.42 Å². The van der Waals surface area contributed by atoms with Crippen LogP contribution in [0.5, 0.6) is 0 Å². The molecule has 0 radical (unpaired) electrons. The van der Waals surface area contributed by atoms with Gasteiger partial charge in [0.15, 0.2) is 0 Å². The van der Waals surface area contributed by atoms with Crippen molar-refractivity contribution in [1.82, 2.24) is 10.2 Å². The molecule has 1 unspecified atom stereocenters. The second-order valence-corrected chi connectivity index (χ2v) is 3.83. The Bertz CT molecular complexity index is 236. The monoisotopic (exact) mass is 175 g/mol. The lowest BCUT2D eigenvalue weighted by atomic mass is 10.5. The minimum absolute atomic E-state index is 0.0901. The van der Waals surface area contributed by atoms with Crippen LogP contribution in [-0.2, 0) is 6.42 Å². The number of anilines is 1. The molecule has 1 rings (SSSR count). The maximum absolute atomic E-state index is 8.63. The minimum Gasteiger partial charge on any atom is -0.396 e. The molecule has 0 amide bonds. The van der Waals surface area contributed by atoms with Crippen LogP contribution in [0.4, 0.5) is 5.13 Å². The molecule has 11 heavy (non-hydrogen) atoms. The lowest BCUT2D eigenvalue weighted by Gasteiger charge is -1.86. The van der Waals surface area contributed by atoms with Crippen molar-refractivity contribution >= 4 is 15.8 Å². The highest BCUT2D eigenvalue weighted by atomic mass is 32.2. The van der Waals surface area contributed by atoms with Crippen molar-refractivity contribution in [3.63, 3.8) is 0 Å². The van der Waals surface area contributed by atoms with Gasteiger partial charge >= 0.3 is 5.13 Å². The van der Waals surface area contributed by atoms with Crippen molar-refractivity contribution in [2.75, 3.05) is 24.1 Å². The van der Waals surface area contributed by atoms with Crippen LogP contribution in [0.15, 0.2) is 0 Å². The number of rotatable bonds is 3. The Labute approximate surface area is 67.4 Å². The number of hydrogen-bond donors (Lipinski definition) is 3. The summed E-state index contributed by atoms with van der Waals surface area (Å²) in [6.07, 6.45) is 0.536. The fraction of sp³-hybridized carbons (Fsp3) is 0.600. The first-order valence-corrected chi connectivity index (χ1v) is 4.44. The topological polar surface area (TPSA) is 84.1 Å². The van der Waals surface area contributed by atoms with Crippen LogP contribution in [0.25, 0.3) is 0 Å². The van der Waals surface area contributed by atoms with E-state index >= 15 is 0 Å². The first-order valence-electron chi connectivity index (χ1n) is 3.22. The van der Waals surface area contributed by atoms with Gasteiger partial charge in [-0.3, -0.25) is 0 Å². The zero-order valence-corrected chi connectivity index (χ0v) is 7.06. The molecule has 6 heteroatoms. The Morgan fingerprint density at radius 1 is 1.64 bits per heavy atom. The average Bonchev–Trinajstić information content (AvgIpc) is 2.33. The Morgan fingerprint density at radius 3 is 2.91 bits per heavy atom.